The van der Waals surface area contributed by atoms with Crippen molar-refractivity contribution in [2.45, 2.75) is 58.3 Å². The van der Waals surface area contributed by atoms with Gasteiger partial charge in [-0.1, -0.05) is 57.0 Å². The maximum Gasteiger partial charge on any atom is -0.0219 e. The van der Waals surface area contributed by atoms with Crippen LogP contribution >= 0.6 is 0 Å². The predicted octanol–water partition coefficient (Wildman–Crippen LogP) is 5.49. The molecule has 0 N–H and O–H groups in total. The molecule has 0 aliphatic rings. The Labute approximate surface area is 107 Å². The van der Waals surface area contributed by atoms with Gasteiger partial charge in [-0.2, -0.15) is 0 Å². The van der Waals surface area contributed by atoms with Crippen molar-refractivity contribution in [3.63, 3.8) is 0 Å². The van der Waals surface area contributed by atoms with Crippen molar-refractivity contribution in [2.75, 3.05) is 0 Å². The van der Waals surface area contributed by atoms with Crippen molar-refractivity contribution >= 4 is 0 Å². The molecule has 0 bridgehead atoms. The monoisotopic (exact) mass is 230 g/mol. The van der Waals surface area contributed by atoms with Crippen LogP contribution in [-0.2, 0) is 6.42 Å². The standard InChI is InChI=1S/C17H26/c1-4-5-6-7-8-9-10-16-11-13-17(14-12-16)15(2)3/h4,11-15H,1,5-10H2,2-3H3. The van der Waals surface area contributed by atoms with Gasteiger partial charge in [0.1, 0.15) is 0 Å². The molecule has 0 unspecified atom stereocenters. The minimum Gasteiger partial charge on any atom is -0.103 e. The third-order valence-electron chi connectivity index (χ3n) is 3.27. The summed E-state index contributed by atoms with van der Waals surface area (Å²) >= 11 is 0. The summed E-state index contributed by atoms with van der Waals surface area (Å²) in [5, 5.41) is 0. The molecule has 0 atom stereocenters. The summed E-state index contributed by atoms with van der Waals surface area (Å²) in [5.74, 6) is 0.642. The van der Waals surface area contributed by atoms with E-state index in [0.29, 0.717) is 5.92 Å². The zero-order valence-electron chi connectivity index (χ0n) is 11.4. The van der Waals surface area contributed by atoms with Gasteiger partial charge in [-0.15, -0.1) is 6.58 Å². The van der Waals surface area contributed by atoms with Crippen molar-refractivity contribution in [1.82, 2.24) is 0 Å². The molecule has 17 heavy (non-hydrogen) atoms. The maximum atomic E-state index is 3.75. The molecular formula is C17H26. The molecule has 1 rings (SSSR count). The second-order valence-electron chi connectivity index (χ2n) is 5.14. The maximum absolute atomic E-state index is 3.75. The summed E-state index contributed by atoms with van der Waals surface area (Å²) < 4.78 is 0. The van der Waals surface area contributed by atoms with E-state index < -0.39 is 0 Å². The number of aryl methyl sites for hydroxylation is 1. The van der Waals surface area contributed by atoms with Crippen molar-refractivity contribution in [2.24, 2.45) is 0 Å². The van der Waals surface area contributed by atoms with Crippen LogP contribution < -0.4 is 0 Å². The highest BCUT2D eigenvalue weighted by molar-refractivity contribution is 5.24. The smallest absolute Gasteiger partial charge is 0.0219 e. The molecule has 0 saturated heterocycles. The molecule has 0 aliphatic heterocycles. The first-order valence-electron chi connectivity index (χ1n) is 6.93. The highest BCUT2D eigenvalue weighted by atomic mass is 14.0. The lowest BCUT2D eigenvalue weighted by molar-refractivity contribution is 0.646. The van der Waals surface area contributed by atoms with Crippen molar-refractivity contribution in [3.05, 3.63) is 48.0 Å². The zero-order chi connectivity index (χ0) is 12.5. The van der Waals surface area contributed by atoms with Gasteiger partial charge in [0.25, 0.3) is 0 Å². The first-order valence-corrected chi connectivity index (χ1v) is 6.93. The van der Waals surface area contributed by atoms with Gasteiger partial charge in [-0.25, -0.2) is 0 Å². The fourth-order valence-electron chi connectivity index (χ4n) is 2.04. The van der Waals surface area contributed by atoms with Crippen LogP contribution in [0.3, 0.4) is 0 Å². The van der Waals surface area contributed by atoms with Gasteiger partial charge in [-0.3, -0.25) is 0 Å². The van der Waals surface area contributed by atoms with Gasteiger partial charge in [0, 0.05) is 0 Å². The van der Waals surface area contributed by atoms with E-state index in [4.69, 9.17) is 0 Å². The van der Waals surface area contributed by atoms with Gasteiger partial charge in [0.15, 0.2) is 0 Å². The summed E-state index contributed by atoms with van der Waals surface area (Å²) in [7, 11) is 0. The van der Waals surface area contributed by atoms with Crippen LogP contribution in [0.5, 0.6) is 0 Å². The molecule has 1 aromatic rings. The summed E-state index contributed by atoms with van der Waals surface area (Å²) in [6, 6.07) is 9.13. The Bertz CT molecular complexity index is 305. The van der Waals surface area contributed by atoms with E-state index in [1.807, 2.05) is 6.08 Å². The number of unbranched alkanes of at least 4 members (excludes halogenated alkanes) is 4. The van der Waals surface area contributed by atoms with Gasteiger partial charge in [-0.05, 0) is 42.7 Å². The highest BCUT2D eigenvalue weighted by Crippen LogP contribution is 2.16. The summed E-state index contributed by atoms with van der Waals surface area (Å²) in [4.78, 5) is 0. The van der Waals surface area contributed by atoms with Crippen LogP contribution in [-0.4, -0.2) is 0 Å². The molecule has 0 nitrogen and oxygen atoms in total. The van der Waals surface area contributed by atoms with Crippen LogP contribution in [0.2, 0.25) is 0 Å². The Morgan fingerprint density at radius 1 is 1.00 bits per heavy atom. The molecule has 0 saturated carbocycles. The highest BCUT2D eigenvalue weighted by Gasteiger charge is 1.98. The second kappa shape index (κ2) is 8.11. The Kier molecular flexibility index (Phi) is 6.69. The first-order chi connectivity index (χ1) is 8.24. The zero-order valence-corrected chi connectivity index (χ0v) is 11.4. The van der Waals surface area contributed by atoms with Crippen LogP contribution in [0.4, 0.5) is 0 Å². The fourth-order valence-corrected chi connectivity index (χ4v) is 2.04. The van der Waals surface area contributed by atoms with Gasteiger partial charge < -0.3 is 0 Å². The number of benzene rings is 1. The Balaban J connectivity index is 2.21. The van der Waals surface area contributed by atoms with Crippen LogP contribution in [0.15, 0.2) is 36.9 Å². The molecule has 94 valence electrons. The number of hydrogen-bond acceptors (Lipinski definition) is 0. The van der Waals surface area contributed by atoms with E-state index in [9.17, 15) is 0 Å². The molecule has 0 amide bonds. The van der Waals surface area contributed by atoms with E-state index in [1.165, 1.54) is 49.7 Å². The third-order valence-corrected chi connectivity index (χ3v) is 3.27. The summed E-state index contributed by atoms with van der Waals surface area (Å²) in [5.41, 5.74) is 2.93. The Hall–Kier alpha value is -1.04. The van der Waals surface area contributed by atoms with E-state index in [-0.39, 0.29) is 0 Å². The number of hydrogen-bond donors (Lipinski definition) is 0. The molecule has 0 aliphatic carbocycles. The Morgan fingerprint density at radius 2 is 1.65 bits per heavy atom. The van der Waals surface area contributed by atoms with Crippen LogP contribution in [0, 0.1) is 0 Å². The minimum absolute atomic E-state index is 0.642. The normalized spacial score (nSPS) is 10.8. The van der Waals surface area contributed by atoms with Crippen molar-refractivity contribution in [3.8, 4) is 0 Å². The summed E-state index contributed by atoms with van der Waals surface area (Å²) in [6.45, 7) is 8.24. The van der Waals surface area contributed by atoms with Gasteiger partial charge >= 0.3 is 0 Å². The molecule has 0 heteroatoms. The molecule has 0 heterocycles. The summed E-state index contributed by atoms with van der Waals surface area (Å²) in [6.07, 6.45) is 9.73. The van der Waals surface area contributed by atoms with Gasteiger partial charge in [0.05, 0.1) is 0 Å². The molecule has 0 aromatic heterocycles. The average Bonchev–Trinajstić information content (AvgIpc) is 2.34. The minimum atomic E-state index is 0.642. The van der Waals surface area contributed by atoms with Crippen LogP contribution in [0.25, 0.3) is 0 Å². The SMILES string of the molecule is C=CCCCCCCc1ccc(C(C)C)cc1. The van der Waals surface area contributed by atoms with Crippen LogP contribution in [0.1, 0.15) is 63.0 Å². The predicted molar refractivity (Wildman–Crippen MR) is 77.5 cm³/mol. The van der Waals surface area contributed by atoms with E-state index >= 15 is 0 Å². The number of allylic oxidation sites excluding steroid dienone is 1. The van der Waals surface area contributed by atoms with E-state index in [1.54, 1.807) is 0 Å². The van der Waals surface area contributed by atoms with E-state index in [0.717, 1.165) is 0 Å². The molecule has 1 aromatic carbocycles. The lowest BCUT2D eigenvalue weighted by Gasteiger charge is -2.06. The Morgan fingerprint density at radius 3 is 2.24 bits per heavy atom. The number of rotatable bonds is 8. The third kappa shape index (κ3) is 5.72. The fraction of sp³-hybridized carbons (Fsp3) is 0.529. The molecule has 0 spiro atoms. The molecular weight excluding hydrogens is 204 g/mol. The quantitative estimate of drug-likeness (QED) is 0.409. The largest absolute Gasteiger partial charge is 0.103 e. The second-order valence-corrected chi connectivity index (χ2v) is 5.14. The molecule has 0 radical (unpaired) electrons. The van der Waals surface area contributed by atoms with Gasteiger partial charge in [0.2, 0.25) is 0 Å². The van der Waals surface area contributed by atoms with E-state index in [2.05, 4.69) is 44.7 Å². The first kappa shape index (κ1) is 14.0. The van der Waals surface area contributed by atoms with Crippen molar-refractivity contribution in [1.29, 1.82) is 0 Å². The topological polar surface area (TPSA) is 0 Å². The van der Waals surface area contributed by atoms with Crippen molar-refractivity contribution < 1.29 is 0 Å². The average molecular weight is 230 g/mol. The molecule has 0 fully saturated rings. The lowest BCUT2D eigenvalue weighted by Crippen LogP contribution is -1.90. The lowest BCUT2D eigenvalue weighted by atomic mass is 9.99.